The number of alkyl carbamates (subject to hydrolysis) is 1. The predicted octanol–water partition coefficient (Wildman–Crippen LogP) is 3.12. The van der Waals surface area contributed by atoms with E-state index in [1.807, 2.05) is 63.2 Å². The number of anilines is 1. The van der Waals surface area contributed by atoms with Crippen LogP contribution in [0.1, 0.15) is 33.6 Å². The van der Waals surface area contributed by atoms with Crippen molar-refractivity contribution < 1.29 is 9.53 Å². The molecule has 1 saturated heterocycles. The number of fused-ring (bicyclic) bond motifs is 3. The van der Waals surface area contributed by atoms with Crippen LogP contribution in [0.2, 0.25) is 0 Å². The topological polar surface area (TPSA) is 89.6 Å². The lowest BCUT2D eigenvalue weighted by atomic mass is 9.85. The maximum Gasteiger partial charge on any atom is 0.407 e. The summed E-state index contributed by atoms with van der Waals surface area (Å²) in [6.07, 6.45) is 9.62. The van der Waals surface area contributed by atoms with Crippen molar-refractivity contribution in [2.75, 3.05) is 24.5 Å². The summed E-state index contributed by atoms with van der Waals surface area (Å²) >= 11 is 0. The largest absolute Gasteiger partial charge is 0.444 e. The molecule has 1 aliphatic heterocycles. The third-order valence-corrected chi connectivity index (χ3v) is 6.58. The Labute approximate surface area is 187 Å². The molecular formula is C23H31N7O2. The van der Waals surface area contributed by atoms with Gasteiger partial charge in [0.2, 0.25) is 0 Å². The summed E-state index contributed by atoms with van der Waals surface area (Å²) in [5.74, 6) is 2.49. The van der Waals surface area contributed by atoms with Crippen LogP contribution < -0.4 is 10.2 Å². The molecule has 1 unspecified atom stereocenters. The van der Waals surface area contributed by atoms with Crippen molar-refractivity contribution in [3.8, 4) is 11.3 Å². The van der Waals surface area contributed by atoms with Gasteiger partial charge in [0.05, 0.1) is 24.3 Å². The van der Waals surface area contributed by atoms with Crippen LogP contribution in [0.4, 0.5) is 10.6 Å². The zero-order valence-electron chi connectivity index (χ0n) is 19.2. The van der Waals surface area contributed by atoms with Crippen molar-refractivity contribution in [1.82, 2.24) is 29.7 Å². The molecule has 4 heterocycles. The molecule has 0 radical (unpaired) electrons. The second-order valence-corrected chi connectivity index (χ2v) is 10.1. The number of hydrogen-bond donors (Lipinski definition) is 1. The number of piperidine rings is 1. The van der Waals surface area contributed by atoms with Crippen LogP contribution >= 0.6 is 0 Å². The molecule has 3 aromatic heterocycles. The van der Waals surface area contributed by atoms with Gasteiger partial charge in [0.25, 0.3) is 0 Å². The van der Waals surface area contributed by atoms with E-state index in [2.05, 4.69) is 20.4 Å². The Balaban J connectivity index is 1.34. The summed E-state index contributed by atoms with van der Waals surface area (Å²) in [5, 5.41) is 11.8. The zero-order chi connectivity index (χ0) is 22.5. The van der Waals surface area contributed by atoms with Gasteiger partial charge in [0.1, 0.15) is 11.1 Å². The number of ether oxygens (including phenoxy) is 1. The number of amides is 1. The highest BCUT2D eigenvalue weighted by Gasteiger charge is 2.42. The van der Waals surface area contributed by atoms with Crippen molar-refractivity contribution in [2.45, 2.75) is 39.2 Å². The molecule has 170 valence electrons. The Hall–Kier alpha value is -3.10. The molecule has 0 spiro atoms. The summed E-state index contributed by atoms with van der Waals surface area (Å²) < 4.78 is 9.11. The van der Waals surface area contributed by atoms with Crippen molar-refractivity contribution in [3.63, 3.8) is 0 Å². The van der Waals surface area contributed by atoms with Crippen LogP contribution in [0, 0.1) is 17.8 Å². The molecule has 1 saturated carbocycles. The van der Waals surface area contributed by atoms with Crippen molar-refractivity contribution in [1.29, 1.82) is 0 Å². The van der Waals surface area contributed by atoms with Crippen molar-refractivity contribution >= 4 is 17.4 Å². The molecule has 5 rings (SSSR count). The zero-order valence-corrected chi connectivity index (χ0v) is 19.2. The van der Waals surface area contributed by atoms with E-state index in [0.29, 0.717) is 24.3 Å². The number of nitrogens with zero attached hydrogens (tertiary/aromatic N) is 6. The van der Waals surface area contributed by atoms with Gasteiger partial charge in [0.15, 0.2) is 5.82 Å². The number of aromatic nitrogens is 5. The minimum absolute atomic E-state index is 0.328. The van der Waals surface area contributed by atoms with Crippen LogP contribution in [0.3, 0.4) is 0 Å². The molecule has 3 aromatic rings. The molecule has 2 aliphatic rings. The summed E-state index contributed by atoms with van der Waals surface area (Å²) in [7, 11) is 1.91. The lowest BCUT2D eigenvalue weighted by molar-refractivity contribution is 0.0508. The van der Waals surface area contributed by atoms with Gasteiger partial charge >= 0.3 is 6.09 Å². The van der Waals surface area contributed by atoms with Crippen molar-refractivity contribution in [2.24, 2.45) is 24.8 Å². The van der Waals surface area contributed by atoms with Gasteiger partial charge in [0, 0.05) is 38.4 Å². The molecular weight excluding hydrogens is 406 g/mol. The maximum atomic E-state index is 12.1. The fraction of sp³-hybridized carbons (Fsp3) is 0.565. The number of carbonyl (C=O) groups is 1. The molecule has 32 heavy (non-hydrogen) atoms. The molecule has 2 fully saturated rings. The Morgan fingerprint density at radius 2 is 1.94 bits per heavy atom. The Morgan fingerprint density at radius 3 is 2.59 bits per heavy atom. The number of nitrogens with one attached hydrogen (secondary N) is 1. The van der Waals surface area contributed by atoms with E-state index in [4.69, 9.17) is 9.72 Å². The number of rotatable bonds is 4. The molecule has 1 aliphatic carbocycles. The van der Waals surface area contributed by atoms with Crippen molar-refractivity contribution in [3.05, 3.63) is 30.9 Å². The third kappa shape index (κ3) is 4.03. The minimum atomic E-state index is -0.478. The highest BCUT2D eigenvalue weighted by Crippen LogP contribution is 2.43. The summed E-state index contributed by atoms with van der Waals surface area (Å²) in [5.41, 5.74) is 2.38. The van der Waals surface area contributed by atoms with E-state index < -0.39 is 5.60 Å². The average Bonchev–Trinajstić information content (AvgIpc) is 3.42. The van der Waals surface area contributed by atoms with Gasteiger partial charge in [-0.3, -0.25) is 4.68 Å². The first-order valence-corrected chi connectivity index (χ1v) is 11.3. The van der Waals surface area contributed by atoms with Crippen LogP contribution in [0.5, 0.6) is 0 Å². The van der Waals surface area contributed by atoms with Gasteiger partial charge in [-0.1, -0.05) is 0 Å². The number of hydrogen-bond acceptors (Lipinski definition) is 6. The standard InChI is InChI=1S/C23H31N7O2/c1-23(2,3)32-22(31)24-10-18-15-5-6-16(18)13-29(12-15)21-20-7-8-25-30(20)14-19(27-21)17-9-26-28(4)11-17/h7-9,11,14-16,18H,5-6,10,12-13H2,1-4H3,(H,24,31)/t15-,16+,18?. The van der Waals surface area contributed by atoms with Crippen LogP contribution in [0.25, 0.3) is 16.8 Å². The number of carbonyl (C=O) groups excluding carboxylic acids is 1. The Bertz CT molecular complexity index is 1120. The van der Waals surface area contributed by atoms with Gasteiger partial charge in [-0.2, -0.15) is 10.2 Å². The smallest absolute Gasteiger partial charge is 0.407 e. The first kappa shape index (κ1) is 20.8. The quantitative estimate of drug-likeness (QED) is 0.675. The first-order valence-electron chi connectivity index (χ1n) is 11.3. The molecule has 9 heteroatoms. The summed E-state index contributed by atoms with van der Waals surface area (Å²) in [6, 6.07) is 2.02. The van der Waals surface area contributed by atoms with Crippen LogP contribution in [0.15, 0.2) is 30.9 Å². The van der Waals surface area contributed by atoms with Gasteiger partial charge in [-0.15, -0.1) is 0 Å². The first-order chi connectivity index (χ1) is 15.3. The third-order valence-electron chi connectivity index (χ3n) is 6.58. The minimum Gasteiger partial charge on any atom is -0.444 e. The lowest BCUT2D eigenvalue weighted by Gasteiger charge is -2.39. The van der Waals surface area contributed by atoms with Crippen LogP contribution in [-0.2, 0) is 11.8 Å². The van der Waals surface area contributed by atoms with Gasteiger partial charge < -0.3 is 15.0 Å². The van der Waals surface area contributed by atoms with E-state index in [1.54, 1.807) is 4.68 Å². The second-order valence-electron chi connectivity index (χ2n) is 10.1. The lowest BCUT2D eigenvalue weighted by Crippen LogP contribution is -2.47. The SMILES string of the molecule is Cn1cc(-c2cn3nccc3c(N3C[C@H]4CC[C@@H](C3)C4CNC(=O)OC(C)(C)C)n2)cn1. The molecule has 1 N–H and O–H groups in total. The Morgan fingerprint density at radius 1 is 1.19 bits per heavy atom. The van der Waals surface area contributed by atoms with E-state index in [0.717, 1.165) is 35.7 Å². The predicted molar refractivity (Wildman–Crippen MR) is 121 cm³/mol. The van der Waals surface area contributed by atoms with E-state index in [1.165, 1.54) is 12.8 Å². The molecule has 2 bridgehead atoms. The highest BCUT2D eigenvalue weighted by molar-refractivity contribution is 5.73. The fourth-order valence-corrected chi connectivity index (χ4v) is 5.19. The summed E-state index contributed by atoms with van der Waals surface area (Å²) in [6.45, 7) is 8.20. The number of aryl methyl sites for hydroxylation is 1. The monoisotopic (exact) mass is 437 g/mol. The van der Waals surface area contributed by atoms with E-state index in [9.17, 15) is 4.79 Å². The molecule has 9 nitrogen and oxygen atoms in total. The summed E-state index contributed by atoms with van der Waals surface area (Å²) in [4.78, 5) is 19.6. The van der Waals surface area contributed by atoms with E-state index >= 15 is 0 Å². The average molecular weight is 438 g/mol. The molecule has 1 amide bonds. The van der Waals surface area contributed by atoms with Gasteiger partial charge in [-0.05, 0) is 57.4 Å². The normalized spacial score (nSPS) is 23.0. The van der Waals surface area contributed by atoms with Gasteiger partial charge in [-0.25, -0.2) is 14.3 Å². The second kappa shape index (κ2) is 7.79. The maximum absolute atomic E-state index is 12.1. The van der Waals surface area contributed by atoms with Crippen LogP contribution in [-0.4, -0.2) is 55.7 Å². The molecule has 3 atom stereocenters. The molecule has 0 aromatic carbocycles. The highest BCUT2D eigenvalue weighted by atomic mass is 16.6. The van der Waals surface area contributed by atoms with E-state index in [-0.39, 0.29) is 6.09 Å². The fourth-order valence-electron chi connectivity index (χ4n) is 5.19. The Kier molecular flexibility index (Phi) is 5.06.